The van der Waals surface area contributed by atoms with E-state index in [2.05, 4.69) is 0 Å². The fourth-order valence-electron chi connectivity index (χ4n) is 1.78. The van der Waals surface area contributed by atoms with E-state index in [-0.39, 0.29) is 18.1 Å². The van der Waals surface area contributed by atoms with Gasteiger partial charge in [0.15, 0.2) is 0 Å². The van der Waals surface area contributed by atoms with Crippen LogP contribution < -0.4 is 0 Å². The number of ether oxygens (including phenoxy) is 2. The van der Waals surface area contributed by atoms with Crippen molar-refractivity contribution in [3.8, 4) is 0 Å². The van der Waals surface area contributed by atoms with Crippen molar-refractivity contribution in [2.45, 2.75) is 31.4 Å². The quantitative estimate of drug-likeness (QED) is 0.679. The predicted octanol–water partition coefficient (Wildman–Crippen LogP) is 0.876. The third-order valence-corrected chi connectivity index (χ3v) is 2.74. The molecule has 1 heterocycles. The molecular formula is C10H18ClNO3. The molecule has 1 amide bonds. The van der Waals surface area contributed by atoms with Gasteiger partial charge in [0.1, 0.15) is 17.6 Å². The van der Waals surface area contributed by atoms with Crippen LogP contribution in [0.25, 0.3) is 0 Å². The molecule has 0 spiro atoms. The lowest BCUT2D eigenvalue weighted by molar-refractivity contribution is -0.130. The monoisotopic (exact) mass is 235 g/mol. The van der Waals surface area contributed by atoms with Crippen molar-refractivity contribution in [2.24, 2.45) is 0 Å². The number of nitrogens with zero attached hydrogens (tertiary/aromatic N) is 1. The van der Waals surface area contributed by atoms with Crippen LogP contribution in [0.1, 0.15) is 13.8 Å². The number of alkyl halides is 1. The Labute approximate surface area is 95.5 Å². The van der Waals surface area contributed by atoms with Crippen molar-refractivity contribution in [1.82, 2.24) is 4.90 Å². The topological polar surface area (TPSA) is 38.8 Å². The average Bonchev–Trinajstić information content (AvgIpc) is 2.60. The summed E-state index contributed by atoms with van der Waals surface area (Å²) in [7, 11) is 1.63. The molecule has 15 heavy (non-hydrogen) atoms. The number of halogens is 1. The second kappa shape index (κ2) is 5.68. The summed E-state index contributed by atoms with van der Waals surface area (Å²) in [4.78, 5) is 13.3. The Balaban J connectivity index is 2.56. The Morgan fingerprint density at radius 2 is 2.13 bits per heavy atom. The molecule has 0 saturated carbocycles. The van der Waals surface area contributed by atoms with E-state index in [1.54, 1.807) is 18.9 Å². The van der Waals surface area contributed by atoms with Gasteiger partial charge >= 0.3 is 0 Å². The molecule has 88 valence electrons. The summed E-state index contributed by atoms with van der Waals surface area (Å²) in [6.45, 7) is 5.38. The molecule has 0 aromatic carbocycles. The first-order chi connectivity index (χ1) is 7.10. The fraction of sp³-hybridized carbons (Fsp3) is 0.900. The van der Waals surface area contributed by atoms with Crippen LogP contribution in [0.15, 0.2) is 0 Å². The molecule has 0 radical (unpaired) electrons. The zero-order chi connectivity index (χ0) is 11.4. The van der Waals surface area contributed by atoms with Crippen LogP contribution in [-0.2, 0) is 14.3 Å². The Bertz CT molecular complexity index is 223. The number of rotatable bonds is 4. The van der Waals surface area contributed by atoms with Gasteiger partial charge in [0.25, 0.3) is 0 Å². The molecule has 0 aromatic rings. The van der Waals surface area contributed by atoms with Gasteiger partial charge in [-0.25, -0.2) is 0 Å². The van der Waals surface area contributed by atoms with Crippen molar-refractivity contribution in [3.63, 3.8) is 0 Å². The molecule has 3 atom stereocenters. The third-order valence-electron chi connectivity index (χ3n) is 2.55. The number of hydrogen-bond donors (Lipinski definition) is 0. The van der Waals surface area contributed by atoms with Gasteiger partial charge in [-0.1, -0.05) is 0 Å². The Hall–Kier alpha value is -0.320. The minimum Gasteiger partial charge on any atom is -0.377 e. The van der Waals surface area contributed by atoms with Gasteiger partial charge in [0.2, 0.25) is 5.91 Å². The first-order valence-electron chi connectivity index (χ1n) is 5.17. The molecule has 0 aromatic heterocycles. The number of carbonyl (C=O) groups is 1. The van der Waals surface area contributed by atoms with Crippen LogP contribution in [0.4, 0.5) is 0 Å². The average molecular weight is 236 g/mol. The van der Waals surface area contributed by atoms with E-state index in [0.29, 0.717) is 19.7 Å². The van der Waals surface area contributed by atoms with E-state index in [1.807, 2.05) is 6.92 Å². The fourth-order valence-corrected chi connectivity index (χ4v) is 1.91. The van der Waals surface area contributed by atoms with Gasteiger partial charge in [-0.2, -0.15) is 0 Å². The second-order valence-corrected chi connectivity index (χ2v) is 4.28. The smallest absolute Gasteiger partial charge is 0.240 e. The highest BCUT2D eigenvalue weighted by Crippen LogP contribution is 2.18. The second-order valence-electron chi connectivity index (χ2n) is 3.63. The predicted molar refractivity (Wildman–Crippen MR) is 58.1 cm³/mol. The number of hydrogen-bond acceptors (Lipinski definition) is 3. The summed E-state index contributed by atoms with van der Waals surface area (Å²) in [5.41, 5.74) is 0. The Morgan fingerprint density at radius 3 is 2.60 bits per heavy atom. The van der Waals surface area contributed by atoms with E-state index in [9.17, 15) is 4.79 Å². The van der Waals surface area contributed by atoms with Gasteiger partial charge in [-0.15, -0.1) is 11.6 Å². The van der Waals surface area contributed by atoms with Gasteiger partial charge in [0, 0.05) is 26.8 Å². The van der Waals surface area contributed by atoms with Gasteiger partial charge in [-0.05, 0) is 13.8 Å². The summed E-state index contributed by atoms with van der Waals surface area (Å²) in [6, 6.07) is 0. The molecule has 1 aliphatic rings. The Morgan fingerprint density at radius 1 is 1.53 bits per heavy atom. The molecule has 0 aliphatic carbocycles. The first kappa shape index (κ1) is 12.7. The van der Waals surface area contributed by atoms with Gasteiger partial charge in [-0.3, -0.25) is 4.79 Å². The van der Waals surface area contributed by atoms with Crippen LogP contribution in [0.2, 0.25) is 0 Å². The van der Waals surface area contributed by atoms with Crippen LogP contribution in [0.5, 0.6) is 0 Å². The van der Waals surface area contributed by atoms with Crippen molar-refractivity contribution in [3.05, 3.63) is 0 Å². The molecule has 0 unspecified atom stereocenters. The largest absolute Gasteiger partial charge is 0.377 e. The molecule has 1 rings (SSSR count). The van der Waals surface area contributed by atoms with Crippen molar-refractivity contribution < 1.29 is 14.3 Å². The molecular weight excluding hydrogens is 218 g/mol. The summed E-state index contributed by atoms with van der Waals surface area (Å²) in [5, 5.41) is -0.483. The number of likely N-dealkylation sites (tertiary alicyclic amines) is 1. The highest BCUT2D eigenvalue weighted by atomic mass is 35.5. The minimum absolute atomic E-state index is 0.0284. The standard InChI is InChI=1S/C10H18ClNO3/c1-4-15-9-6-12(5-8(9)14-3)10(13)7(2)11/h7-9H,4-6H2,1-3H3/t7-,8+,9+/m0/s1. The molecule has 1 saturated heterocycles. The lowest BCUT2D eigenvalue weighted by Gasteiger charge is -2.16. The van der Waals surface area contributed by atoms with Crippen LogP contribution in [0, 0.1) is 0 Å². The SMILES string of the molecule is CCO[C@@H]1CN(C(=O)[C@H](C)Cl)C[C@H]1OC. The number of amides is 1. The maximum Gasteiger partial charge on any atom is 0.240 e. The van der Waals surface area contributed by atoms with Crippen LogP contribution >= 0.6 is 11.6 Å². The maximum atomic E-state index is 11.6. The highest BCUT2D eigenvalue weighted by molar-refractivity contribution is 6.30. The summed E-state index contributed by atoms with van der Waals surface area (Å²) in [5.74, 6) is -0.0547. The molecule has 1 aliphatic heterocycles. The van der Waals surface area contributed by atoms with Crippen LogP contribution in [0.3, 0.4) is 0 Å². The summed E-state index contributed by atoms with van der Waals surface area (Å²) < 4.78 is 10.8. The highest BCUT2D eigenvalue weighted by Gasteiger charge is 2.36. The normalized spacial score (nSPS) is 28.1. The Kier molecular flexibility index (Phi) is 4.83. The van der Waals surface area contributed by atoms with E-state index in [1.165, 1.54) is 0 Å². The maximum absolute atomic E-state index is 11.6. The molecule has 5 heteroatoms. The summed E-state index contributed by atoms with van der Waals surface area (Å²) in [6.07, 6.45) is -0.0660. The lowest BCUT2D eigenvalue weighted by atomic mass is 10.2. The number of carbonyl (C=O) groups excluding carboxylic acids is 1. The minimum atomic E-state index is -0.483. The van der Waals surface area contributed by atoms with E-state index in [4.69, 9.17) is 21.1 Å². The zero-order valence-electron chi connectivity index (χ0n) is 9.40. The van der Waals surface area contributed by atoms with Crippen molar-refractivity contribution in [2.75, 3.05) is 26.8 Å². The molecule has 0 N–H and O–H groups in total. The van der Waals surface area contributed by atoms with Gasteiger partial charge < -0.3 is 14.4 Å². The zero-order valence-corrected chi connectivity index (χ0v) is 10.2. The van der Waals surface area contributed by atoms with Gasteiger partial charge in [0.05, 0.1) is 0 Å². The van der Waals surface area contributed by atoms with Crippen molar-refractivity contribution >= 4 is 17.5 Å². The van der Waals surface area contributed by atoms with Crippen LogP contribution in [-0.4, -0.2) is 55.2 Å². The first-order valence-corrected chi connectivity index (χ1v) is 5.61. The van der Waals surface area contributed by atoms with E-state index >= 15 is 0 Å². The van der Waals surface area contributed by atoms with E-state index in [0.717, 1.165) is 0 Å². The molecule has 4 nitrogen and oxygen atoms in total. The van der Waals surface area contributed by atoms with E-state index < -0.39 is 5.38 Å². The molecule has 1 fully saturated rings. The van der Waals surface area contributed by atoms with Crippen molar-refractivity contribution in [1.29, 1.82) is 0 Å². The lowest BCUT2D eigenvalue weighted by Crippen LogP contribution is -2.34. The third kappa shape index (κ3) is 3.06. The number of methoxy groups -OCH3 is 1. The molecule has 0 bridgehead atoms. The summed E-state index contributed by atoms with van der Waals surface area (Å²) >= 11 is 5.75.